The van der Waals surface area contributed by atoms with Crippen LogP contribution in [0, 0.1) is 6.92 Å². The van der Waals surface area contributed by atoms with Crippen molar-refractivity contribution in [2.24, 2.45) is 0 Å². The molecule has 0 bridgehead atoms. The number of hydrogen-bond donors (Lipinski definition) is 1. The van der Waals surface area contributed by atoms with Crippen molar-refractivity contribution in [2.75, 3.05) is 31.5 Å². The zero-order chi connectivity index (χ0) is 12.8. The number of aryl methyl sites for hydroxylation is 1. The maximum Gasteiger partial charge on any atom is 0.224 e. The monoisotopic (exact) mass is 268 g/mol. The lowest BCUT2D eigenvalue weighted by Crippen LogP contribution is -2.21. The quantitative estimate of drug-likeness (QED) is 0.636. The Hall–Kier alpha value is -0.870. The van der Waals surface area contributed by atoms with E-state index in [0.717, 1.165) is 24.3 Å². The van der Waals surface area contributed by atoms with E-state index < -0.39 is 0 Å². The van der Waals surface area contributed by atoms with Gasteiger partial charge in [-0.3, -0.25) is 0 Å². The first-order valence-electron chi connectivity index (χ1n) is 6.71. The van der Waals surface area contributed by atoms with Crippen LogP contribution >= 0.6 is 11.6 Å². The molecule has 100 valence electrons. The zero-order valence-electron chi connectivity index (χ0n) is 11.0. The third-order valence-corrected chi connectivity index (χ3v) is 3.52. The van der Waals surface area contributed by atoms with Crippen LogP contribution in [-0.4, -0.2) is 41.0 Å². The van der Waals surface area contributed by atoms with Crippen LogP contribution in [0.25, 0.3) is 0 Å². The molecule has 1 aliphatic rings. The molecule has 2 heterocycles. The molecule has 1 aliphatic heterocycles. The van der Waals surface area contributed by atoms with Crippen LogP contribution in [0.1, 0.15) is 31.2 Å². The second kappa shape index (κ2) is 6.90. The first-order chi connectivity index (χ1) is 8.75. The molecule has 0 spiro atoms. The highest BCUT2D eigenvalue weighted by atomic mass is 35.5. The normalized spacial score (nSPS) is 16.1. The summed E-state index contributed by atoms with van der Waals surface area (Å²) in [6.07, 6.45) is 6.90. The first kappa shape index (κ1) is 13.6. The second-order valence-electron chi connectivity index (χ2n) is 4.85. The molecule has 4 nitrogen and oxygen atoms in total. The van der Waals surface area contributed by atoms with Crippen LogP contribution in [0.3, 0.4) is 0 Å². The van der Waals surface area contributed by atoms with Crippen LogP contribution in [0.5, 0.6) is 0 Å². The first-order valence-corrected chi connectivity index (χ1v) is 7.09. The van der Waals surface area contributed by atoms with E-state index in [1.165, 1.54) is 38.9 Å². The molecule has 1 N–H and O–H groups in total. The van der Waals surface area contributed by atoms with Crippen LogP contribution in [0.2, 0.25) is 5.28 Å². The van der Waals surface area contributed by atoms with E-state index in [1.54, 1.807) is 6.20 Å². The molecular weight excluding hydrogens is 248 g/mol. The summed E-state index contributed by atoms with van der Waals surface area (Å²) in [5.41, 5.74) is 1.04. The lowest BCUT2D eigenvalue weighted by atomic mass is 10.3. The van der Waals surface area contributed by atoms with Gasteiger partial charge in [0, 0.05) is 18.3 Å². The standard InChI is InChI=1S/C13H21ClN4/c1-11-10-16-13(14)17-12(11)15-6-2-3-7-18-8-4-5-9-18/h10H,2-9H2,1H3,(H,15,16,17). The van der Waals surface area contributed by atoms with Gasteiger partial charge in [0.05, 0.1) is 0 Å². The summed E-state index contributed by atoms with van der Waals surface area (Å²) in [6, 6.07) is 0. The molecule has 0 saturated carbocycles. The maximum absolute atomic E-state index is 5.77. The molecule has 1 saturated heterocycles. The predicted octanol–water partition coefficient (Wildman–Crippen LogP) is 2.73. The van der Waals surface area contributed by atoms with Crippen LogP contribution < -0.4 is 5.32 Å². The van der Waals surface area contributed by atoms with E-state index in [0.29, 0.717) is 5.28 Å². The van der Waals surface area contributed by atoms with Gasteiger partial charge in [-0.25, -0.2) is 9.97 Å². The Morgan fingerprint density at radius 1 is 1.33 bits per heavy atom. The summed E-state index contributed by atoms with van der Waals surface area (Å²) in [5, 5.41) is 3.63. The van der Waals surface area contributed by atoms with E-state index in [1.807, 2.05) is 6.92 Å². The molecule has 2 rings (SSSR count). The minimum Gasteiger partial charge on any atom is -0.370 e. The molecule has 0 amide bonds. The molecule has 5 heteroatoms. The van der Waals surface area contributed by atoms with Crippen molar-refractivity contribution in [1.29, 1.82) is 0 Å². The highest BCUT2D eigenvalue weighted by molar-refractivity contribution is 6.28. The van der Waals surface area contributed by atoms with Gasteiger partial charge in [-0.2, -0.15) is 0 Å². The fraction of sp³-hybridized carbons (Fsp3) is 0.692. The van der Waals surface area contributed by atoms with Gasteiger partial charge in [0.15, 0.2) is 0 Å². The third-order valence-electron chi connectivity index (χ3n) is 3.33. The summed E-state index contributed by atoms with van der Waals surface area (Å²) in [4.78, 5) is 10.7. The predicted molar refractivity (Wildman–Crippen MR) is 75.2 cm³/mol. The molecule has 1 fully saturated rings. The minimum absolute atomic E-state index is 0.306. The lowest BCUT2D eigenvalue weighted by Gasteiger charge is -2.14. The fourth-order valence-corrected chi connectivity index (χ4v) is 2.41. The number of likely N-dealkylation sites (tertiary alicyclic amines) is 1. The van der Waals surface area contributed by atoms with Crippen molar-refractivity contribution in [2.45, 2.75) is 32.6 Å². The van der Waals surface area contributed by atoms with E-state index in [9.17, 15) is 0 Å². The summed E-state index contributed by atoms with van der Waals surface area (Å²) in [5.74, 6) is 0.858. The van der Waals surface area contributed by atoms with E-state index in [2.05, 4.69) is 20.2 Å². The van der Waals surface area contributed by atoms with Crippen LogP contribution in [0.15, 0.2) is 6.20 Å². The van der Waals surface area contributed by atoms with Crippen LogP contribution in [-0.2, 0) is 0 Å². The van der Waals surface area contributed by atoms with Gasteiger partial charge in [0.1, 0.15) is 5.82 Å². The number of nitrogens with zero attached hydrogens (tertiary/aromatic N) is 3. The Kier molecular flexibility index (Phi) is 5.20. The molecule has 0 radical (unpaired) electrons. The smallest absolute Gasteiger partial charge is 0.224 e. The molecule has 0 aliphatic carbocycles. The fourth-order valence-electron chi connectivity index (χ4n) is 2.27. The molecule has 0 unspecified atom stereocenters. The summed E-state index contributed by atoms with van der Waals surface area (Å²) < 4.78 is 0. The van der Waals surface area contributed by atoms with Crippen molar-refractivity contribution in [3.05, 3.63) is 17.0 Å². The van der Waals surface area contributed by atoms with Crippen molar-refractivity contribution >= 4 is 17.4 Å². The number of rotatable bonds is 6. The van der Waals surface area contributed by atoms with E-state index in [4.69, 9.17) is 11.6 Å². The van der Waals surface area contributed by atoms with Crippen molar-refractivity contribution in [1.82, 2.24) is 14.9 Å². The van der Waals surface area contributed by atoms with Crippen molar-refractivity contribution in [3.63, 3.8) is 0 Å². The highest BCUT2D eigenvalue weighted by Gasteiger charge is 2.10. The summed E-state index contributed by atoms with van der Waals surface area (Å²) in [7, 11) is 0. The Morgan fingerprint density at radius 2 is 2.11 bits per heavy atom. The van der Waals surface area contributed by atoms with Gasteiger partial charge in [-0.1, -0.05) is 0 Å². The molecule has 0 atom stereocenters. The molecule has 0 aromatic carbocycles. The van der Waals surface area contributed by atoms with Crippen molar-refractivity contribution in [3.8, 4) is 0 Å². The SMILES string of the molecule is Cc1cnc(Cl)nc1NCCCCN1CCCC1. The van der Waals surface area contributed by atoms with Crippen molar-refractivity contribution < 1.29 is 0 Å². The number of aromatic nitrogens is 2. The Labute approximate surface area is 114 Å². The topological polar surface area (TPSA) is 41.1 Å². The zero-order valence-corrected chi connectivity index (χ0v) is 11.7. The Bertz CT molecular complexity index is 377. The highest BCUT2D eigenvalue weighted by Crippen LogP contribution is 2.13. The minimum atomic E-state index is 0.306. The maximum atomic E-state index is 5.77. The molecular formula is C13H21ClN4. The number of halogens is 1. The summed E-state index contributed by atoms with van der Waals surface area (Å²) >= 11 is 5.77. The van der Waals surface area contributed by atoms with Gasteiger partial charge in [0.25, 0.3) is 0 Å². The molecule has 18 heavy (non-hydrogen) atoms. The second-order valence-corrected chi connectivity index (χ2v) is 5.19. The van der Waals surface area contributed by atoms with Gasteiger partial charge in [-0.05, 0) is 63.8 Å². The van der Waals surface area contributed by atoms with Gasteiger partial charge >= 0.3 is 0 Å². The Morgan fingerprint density at radius 3 is 2.89 bits per heavy atom. The Balaban J connectivity index is 1.64. The molecule has 1 aromatic heterocycles. The van der Waals surface area contributed by atoms with Gasteiger partial charge in [0.2, 0.25) is 5.28 Å². The number of anilines is 1. The van der Waals surface area contributed by atoms with Gasteiger partial charge < -0.3 is 10.2 Å². The van der Waals surface area contributed by atoms with E-state index >= 15 is 0 Å². The lowest BCUT2D eigenvalue weighted by molar-refractivity contribution is 0.331. The average Bonchev–Trinajstić information content (AvgIpc) is 2.86. The van der Waals surface area contributed by atoms with Crippen LogP contribution in [0.4, 0.5) is 5.82 Å². The number of hydrogen-bond acceptors (Lipinski definition) is 4. The largest absolute Gasteiger partial charge is 0.370 e. The molecule has 1 aromatic rings. The van der Waals surface area contributed by atoms with E-state index in [-0.39, 0.29) is 0 Å². The van der Waals surface area contributed by atoms with Gasteiger partial charge in [-0.15, -0.1) is 0 Å². The number of unbranched alkanes of at least 4 members (excludes halogenated alkanes) is 1. The number of nitrogens with one attached hydrogen (secondary N) is 1. The average molecular weight is 269 g/mol. The summed E-state index contributed by atoms with van der Waals surface area (Å²) in [6.45, 7) is 6.73. The third kappa shape index (κ3) is 4.10.